The van der Waals surface area contributed by atoms with E-state index in [9.17, 15) is 4.79 Å². The fourth-order valence-corrected chi connectivity index (χ4v) is 2.07. The van der Waals surface area contributed by atoms with E-state index in [0.717, 1.165) is 10.9 Å². The summed E-state index contributed by atoms with van der Waals surface area (Å²) >= 11 is 5.11. The average Bonchev–Trinajstić information content (AvgIpc) is 2.28. The molecule has 0 aliphatic heterocycles. The molecule has 1 amide bonds. The van der Waals surface area contributed by atoms with Crippen LogP contribution in [0.1, 0.15) is 23.7 Å². The minimum atomic E-state index is -0.108. The van der Waals surface area contributed by atoms with Crippen LogP contribution in [0.3, 0.4) is 0 Å². The summed E-state index contributed by atoms with van der Waals surface area (Å²) in [6.45, 7) is 2.82. The van der Waals surface area contributed by atoms with E-state index < -0.39 is 0 Å². The first kappa shape index (κ1) is 14.4. The van der Waals surface area contributed by atoms with Crippen LogP contribution >= 0.6 is 27.7 Å². The molecule has 0 saturated heterocycles. The minimum Gasteiger partial charge on any atom is -0.398 e. The molecule has 0 heterocycles. The topological polar surface area (TPSA) is 55.1 Å². The molecule has 0 saturated carbocycles. The van der Waals surface area contributed by atoms with Crippen molar-refractivity contribution in [1.29, 1.82) is 0 Å². The molecule has 3 nitrogen and oxygen atoms in total. The van der Waals surface area contributed by atoms with Gasteiger partial charge in [0.2, 0.25) is 0 Å². The zero-order valence-electron chi connectivity index (χ0n) is 10.00. The first-order chi connectivity index (χ1) is 8.04. The molecule has 94 valence electrons. The van der Waals surface area contributed by atoms with E-state index in [1.165, 1.54) is 0 Å². The molecule has 0 aliphatic rings. The van der Waals surface area contributed by atoms with Crippen LogP contribution < -0.4 is 11.1 Å². The quantitative estimate of drug-likeness (QED) is 0.821. The van der Waals surface area contributed by atoms with Gasteiger partial charge in [-0.2, -0.15) is 11.8 Å². The van der Waals surface area contributed by atoms with Gasteiger partial charge in [0.25, 0.3) is 5.91 Å². The lowest BCUT2D eigenvalue weighted by atomic mass is 10.1. The fraction of sp³-hybridized carbons (Fsp3) is 0.417. The maximum atomic E-state index is 11.8. The van der Waals surface area contributed by atoms with Gasteiger partial charge < -0.3 is 11.1 Å². The highest BCUT2D eigenvalue weighted by atomic mass is 79.9. The van der Waals surface area contributed by atoms with Gasteiger partial charge in [-0.25, -0.2) is 0 Å². The molecule has 0 radical (unpaired) electrons. The number of carbonyl (C=O) groups excluding carboxylic acids is 1. The molecule has 3 N–H and O–H groups in total. The number of nitrogens with one attached hydrogen (secondary N) is 1. The summed E-state index contributed by atoms with van der Waals surface area (Å²) in [6.07, 6.45) is 3.03. The molecule has 1 unspecified atom stereocenters. The summed E-state index contributed by atoms with van der Waals surface area (Å²) in [6, 6.07) is 5.28. The number of hydrogen-bond acceptors (Lipinski definition) is 3. The van der Waals surface area contributed by atoms with Crippen LogP contribution in [0.4, 0.5) is 5.69 Å². The van der Waals surface area contributed by atoms with Gasteiger partial charge in [-0.15, -0.1) is 0 Å². The van der Waals surface area contributed by atoms with E-state index in [1.807, 2.05) is 6.07 Å². The first-order valence-electron chi connectivity index (χ1n) is 5.40. The highest BCUT2D eigenvalue weighted by molar-refractivity contribution is 9.10. The number of carbonyl (C=O) groups is 1. The molecule has 0 fully saturated rings. The standard InChI is InChI=1S/C12H17BrN2OS/c1-8(17-2)5-6-15-12(16)10-4-3-9(13)7-11(10)14/h3-4,7-8H,5-6,14H2,1-2H3,(H,15,16). The van der Waals surface area contributed by atoms with Crippen LogP contribution in [0.25, 0.3) is 0 Å². The number of hydrogen-bond donors (Lipinski definition) is 2. The van der Waals surface area contributed by atoms with E-state index in [-0.39, 0.29) is 5.91 Å². The van der Waals surface area contributed by atoms with Crippen molar-refractivity contribution in [3.05, 3.63) is 28.2 Å². The second-order valence-corrected chi connectivity index (χ2v) is 6.01. The second-order valence-electron chi connectivity index (χ2n) is 3.82. The Morgan fingerprint density at radius 1 is 1.59 bits per heavy atom. The maximum Gasteiger partial charge on any atom is 0.253 e. The second kappa shape index (κ2) is 6.91. The molecule has 1 atom stereocenters. The lowest BCUT2D eigenvalue weighted by Gasteiger charge is -2.10. The Balaban J connectivity index is 2.52. The van der Waals surface area contributed by atoms with Crippen molar-refractivity contribution in [2.24, 2.45) is 0 Å². The van der Waals surface area contributed by atoms with E-state index >= 15 is 0 Å². The lowest BCUT2D eigenvalue weighted by molar-refractivity contribution is 0.0954. The van der Waals surface area contributed by atoms with Gasteiger partial charge in [-0.05, 0) is 30.9 Å². The summed E-state index contributed by atoms with van der Waals surface area (Å²) in [5.74, 6) is -0.108. The van der Waals surface area contributed by atoms with Crippen molar-refractivity contribution in [3.63, 3.8) is 0 Å². The van der Waals surface area contributed by atoms with Crippen LogP contribution in [-0.4, -0.2) is 24.0 Å². The van der Waals surface area contributed by atoms with Gasteiger partial charge >= 0.3 is 0 Å². The van der Waals surface area contributed by atoms with Crippen LogP contribution in [0.2, 0.25) is 0 Å². The Labute approximate surface area is 115 Å². The molecular weight excluding hydrogens is 300 g/mol. The van der Waals surface area contributed by atoms with Crippen LogP contribution in [-0.2, 0) is 0 Å². The molecule has 0 aromatic heterocycles. The molecule has 17 heavy (non-hydrogen) atoms. The highest BCUT2D eigenvalue weighted by Gasteiger charge is 2.09. The van der Waals surface area contributed by atoms with Gasteiger partial charge in [0.15, 0.2) is 0 Å². The van der Waals surface area contributed by atoms with Crippen molar-refractivity contribution in [2.45, 2.75) is 18.6 Å². The third-order valence-corrected chi connectivity index (χ3v) is 4.03. The number of halogens is 1. The predicted molar refractivity (Wildman–Crippen MR) is 78.5 cm³/mol. The monoisotopic (exact) mass is 316 g/mol. The van der Waals surface area contributed by atoms with Crippen molar-refractivity contribution in [1.82, 2.24) is 5.32 Å². The molecule has 1 aromatic rings. The number of thioether (sulfide) groups is 1. The summed E-state index contributed by atoms with van der Waals surface area (Å²) in [5, 5.41) is 3.43. The maximum absolute atomic E-state index is 11.8. The van der Waals surface area contributed by atoms with E-state index in [0.29, 0.717) is 23.0 Å². The van der Waals surface area contributed by atoms with Crippen LogP contribution in [0, 0.1) is 0 Å². The number of nitrogens with two attached hydrogens (primary N) is 1. The molecular formula is C12H17BrN2OS. The molecule has 5 heteroatoms. The molecule has 1 rings (SSSR count). The van der Waals surface area contributed by atoms with Crippen LogP contribution in [0.15, 0.2) is 22.7 Å². The van der Waals surface area contributed by atoms with Gasteiger partial charge in [-0.3, -0.25) is 4.79 Å². The van der Waals surface area contributed by atoms with Gasteiger partial charge in [-0.1, -0.05) is 22.9 Å². The lowest BCUT2D eigenvalue weighted by Crippen LogP contribution is -2.26. The molecule has 0 bridgehead atoms. The zero-order chi connectivity index (χ0) is 12.8. The van der Waals surface area contributed by atoms with Gasteiger partial charge in [0, 0.05) is 22.0 Å². The predicted octanol–water partition coefficient (Wildman–Crippen LogP) is 2.90. The number of amides is 1. The largest absolute Gasteiger partial charge is 0.398 e. The normalized spacial score (nSPS) is 12.2. The molecule has 1 aromatic carbocycles. The van der Waals surface area contributed by atoms with Crippen molar-refractivity contribution in [2.75, 3.05) is 18.5 Å². The summed E-state index contributed by atoms with van der Waals surface area (Å²) in [5.41, 5.74) is 6.81. The third-order valence-electron chi connectivity index (χ3n) is 2.50. The van der Waals surface area contributed by atoms with Crippen molar-refractivity contribution in [3.8, 4) is 0 Å². The van der Waals surface area contributed by atoms with Crippen LogP contribution in [0.5, 0.6) is 0 Å². The Morgan fingerprint density at radius 3 is 2.88 bits per heavy atom. The Kier molecular flexibility index (Phi) is 5.85. The Hall–Kier alpha value is -0.680. The Morgan fingerprint density at radius 2 is 2.29 bits per heavy atom. The smallest absolute Gasteiger partial charge is 0.253 e. The number of anilines is 1. The zero-order valence-corrected chi connectivity index (χ0v) is 12.4. The van der Waals surface area contributed by atoms with Gasteiger partial charge in [0.05, 0.1) is 5.56 Å². The molecule has 0 aliphatic carbocycles. The molecule has 0 spiro atoms. The summed E-state index contributed by atoms with van der Waals surface area (Å²) in [7, 11) is 0. The first-order valence-corrected chi connectivity index (χ1v) is 7.48. The van der Waals surface area contributed by atoms with E-state index in [2.05, 4.69) is 34.4 Å². The summed E-state index contributed by atoms with van der Waals surface area (Å²) in [4.78, 5) is 11.8. The van der Waals surface area contributed by atoms with E-state index in [4.69, 9.17) is 5.73 Å². The minimum absolute atomic E-state index is 0.108. The van der Waals surface area contributed by atoms with Crippen molar-refractivity contribution < 1.29 is 4.79 Å². The number of rotatable bonds is 5. The summed E-state index contributed by atoms with van der Waals surface area (Å²) < 4.78 is 0.877. The number of nitrogen functional groups attached to an aromatic ring is 1. The SMILES string of the molecule is CSC(C)CCNC(=O)c1ccc(Br)cc1N. The fourth-order valence-electron chi connectivity index (χ4n) is 1.34. The van der Waals surface area contributed by atoms with Crippen molar-refractivity contribution >= 4 is 39.3 Å². The number of benzene rings is 1. The van der Waals surface area contributed by atoms with Gasteiger partial charge in [0.1, 0.15) is 0 Å². The highest BCUT2D eigenvalue weighted by Crippen LogP contribution is 2.18. The average molecular weight is 317 g/mol. The Bertz CT molecular complexity index is 398. The van der Waals surface area contributed by atoms with E-state index in [1.54, 1.807) is 23.9 Å². The third kappa shape index (κ3) is 4.60.